The largest absolute Gasteiger partial charge is 0.444 e. The standard InChI is InChI=1S/C17H24N8O3/c1-17(2,3)28-16(27)24-6-5-12-11(9-24)13-15(26)23(4)7-10(8-25(13)20-12)14-18-21-22-19-14/h10H,5-9H2,1-4H3,(H,18,19,21,22). The number of likely N-dealkylation sites (N-methyl/N-ethyl adjacent to an activating group) is 1. The predicted molar refractivity (Wildman–Crippen MR) is 96.5 cm³/mol. The number of hydrogen-bond acceptors (Lipinski definition) is 7. The summed E-state index contributed by atoms with van der Waals surface area (Å²) in [6.07, 6.45) is 0.207. The van der Waals surface area contributed by atoms with Crippen LogP contribution in [0.15, 0.2) is 0 Å². The molecule has 150 valence electrons. The first-order chi connectivity index (χ1) is 13.2. The van der Waals surface area contributed by atoms with E-state index in [4.69, 9.17) is 4.74 Å². The Morgan fingerprint density at radius 3 is 2.75 bits per heavy atom. The molecule has 4 rings (SSSR count). The van der Waals surface area contributed by atoms with E-state index >= 15 is 0 Å². The van der Waals surface area contributed by atoms with E-state index in [0.717, 1.165) is 11.3 Å². The topological polar surface area (TPSA) is 122 Å². The number of rotatable bonds is 1. The van der Waals surface area contributed by atoms with Gasteiger partial charge in [-0.3, -0.25) is 9.48 Å². The normalized spacial score (nSPS) is 19.9. The molecule has 11 heteroatoms. The van der Waals surface area contributed by atoms with Gasteiger partial charge in [-0.25, -0.2) is 9.89 Å². The first-order valence-electron chi connectivity index (χ1n) is 9.28. The van der Waals surface area contributed by atoms with E-state index in [1.54, 1.807) is 21.5 Å². The van der Waals surface area contributed by atoms with Crippen LogP contribution in [0.25, 0.3) is 0 Å². The Balaban J connectivity index is 1.64. The van der Waals surface area contributed by atoms with Gasteiger partial charge in [0.25, 0.3) is 5.91 Å². The summed E-state index contributed by atoms with van der Waals surface area (Å²) in [7, 11) is 1.75. The third-order valence-electron chi connectivity index (χ3n) is 4.94. The van der Waals surface area contributed by atoms with Gasteiger partial charge in [-0.05, 0) is 31.2 Å². The van der Waals surface area contributed by atoms with E-state index in [1.165, 1.54) is 0 Å². The van der Waals surface area contributed by atoms with E-state index < -0.39 is 5.60 Å². The summed E-state index contributed by atoms with van der Waals surface area (Å²) in [5.41, 5.74) is 1.61. The molecule has 2 amide bonds. The molecule has 4 heterocycles. The number of fused-ring (bicyclic) bond motifs is 3. The predicted octanol–water partition coefficient (Wildman–Crippen LogP) is 0.559. The highest BCUT2D eigenvalue weighted by Gasteiger charge is 2.36. The summed E-state index contributed by atoms with van der Waals surface area (Å²) in [6, 6.07) is 0. The summed E-state index contributed by atoms with van der Waals surface area (Å²) < 4.78 is 7.23. The van der Waals surface area contributed by atoms with Crippen molar-refractivity contribution in [2.45, 2.75) is 51.8 Å². The fourth-order valence-electron chi connectivity index (χ4n) is 3.65. The molecule has 1 atom stereocenters. The van der Waals surface area contributed by atoms with Gasteiger partial charge in [-0.2, -0.15) is 5.10 Å². The fraction of sp³-hybridized carbons (Fsp3) is 0.647. The monoisotopic (exact) mass is 388 g/mol. The zero-order valence-electron chi connectivity index (χ0n) is 16.5. The Labute approximate surface area is 162 Å². The second-order valence-corrected chi connectivity index (χ2v) is 8.28. The third kappa shape index (κ3) is 3.32. The van der Waals surface area contributed by atoms with Gasteiger partial charge >= 0.3 is 6.09 Å². The Bertz CT molecular complexity index is 898. The van der Waals surface area contributed by atoms with E-state index in [0.29, 0.717) is 44.1 Å². The highest BCUT2D eigenvalue weighted by Crippen LogP contribution is 2.29. The summed E-state index contributed by atoms with van der Waals surface area (Å²) in [6.45, 7) is 7.30. The molecule has 0 bridgehead atoms. The van der Waals surface area contributed by atoms with Crippen molar-refractivity contribution in [1.29, 1.82) is 0 Å². The van der Waals surface area contributed by atoms with Crippen LogP contribution in [0.5, 0.6) is 0 Å². The molecule has 0 saturated carbocycles. The molecule has 2 aromatic heterocycles. The van der Waals surface area contributed by atoms with Crippen LogP contribution in [-0.2, 0) is 24.2 Å². The molecule has 0 fully saturated rings. The van der Waals surface area contributed by atoms with Gasteiger partial charge < -0.3 is 14.5 Å². The van der Waals surface area contributed by atoms with Crippen LogP contribution in [0.4, 0.5) is 4.79 Å². The van der Waals surface area contributed by atoms with Crippen LogP contribution in [0.1, 0.15) is 54.3 Å². The van der Waals surface area contributed by atoms with Crippen molar-refractivity contribution in [1.82, 2.24) is 40.2 Å². The van der Waals surface area contributed by atoms with Crippen molar-refractivity contribution in [2.75, 3.05) is 20.1 Å². The minimum absolute atomic E-state index is 0.0893. The molecule has 0 aliphatic carbocycles. The summed E-state index contributed by atoms with van der Waals surface area (Å²) in [5.74, 6) is 0.416. The van der Waals surface area contributed by atoms with Crippen LogP contribution in [0.3, 0.4) is 0 Å². The van der Waals surface area contributed by atoms with Crippen LogP contribution >= 0.6 is 0 Å². The third-order valence-corrected chi connectivity index (χ3v) is 4.94. The average Bonchev–Trinajstić information content (AvgIpc) is 3.23. The molecule has 2 aliphatic heterocycles. The molecule has 0 saturated heterocycles. The number of nitrogens with one attached hydrogen (secondary N) is 1. The zero-order valence-corrected chi connectivity index (χ0v) is 16.5. The van der Waals surface area contributed by atoms with Crippen LogP contribution in [-0.4, -0.2) is 77.9 Å². The number of amides is 2. The number of carbonyl (C=O) groups excluding carboxylic acids is 2. The maximum Gasteiger partial charge on any atom is 0.410 e. The van der Waals surface area contributed by atoms with E-state index in [-0.39, 0.29) is 17.9 Å². The number of aromatic nitrogens is 6. The molecule has 1 unspecified atom stereocenters. The lowest BCUT2D eigenvalue weighted by Gasteiger charge is -2.30. The number of tetrazole rings is 1. The zero-order chi connectivity index (χ0) is 20.1. The minimum Gasteiger partial charge on any atom is -0.444 e. The van der Waals surface area contributed by atoms with Crippen molar-refractivity contribution >= 4 is 12.0 Å². The lowest BCUT2D eigenvalue weighted by Crippen LogP contribution is -2.40. The van der Waals surface area contributed by atoms with Crippen LogP contribution < -0.4 is 0 Å². The molecule has 28 heavy (non-hydrogen) atoms. The number of H-pyrrole nitrogens is 1. The lowest BCUT2D eigenvalue weighted by atomic mass is 10.1. The highest BCUT2D eigenvalue weighted by atomic mass is 16.6. The summed E-state index contributed by atoms with van der Waals surface area (Å²) in [5, 5.41) is 18.7. The highest BCUT2D eigenvalue weighted by molar-refractivity contribution is 5.94. The average molecular weight is 388 g/mol. The van der Waals surface area contributed by atoms with Crippen LogP contribution in [0, 0.1) is 0 Å². The molecule has 0 spiro atoms. The minimum atomic E-state index is -0.568. The molecule has 11 nitrogen and oxygen atoms in total. The van der Waals surface area contributed by atoms with E-state index in [2.05, 4.69) is 25.7 Å². The first kappa shape index (κ1) is 18.4. The van der Waals surface area contributed by atoms with Gasteiger partial charge in [-0.15, -0.1) is 5.10 Å². The smallest absolute Gasteiger partial charge is 0.410 e. The van der Waals surface area contributed by atoms with Crippen molar-refractivity contribution in [3.05, 3.63) is 22.8 Å². The van der Waals surface area contributed by atoms with Gasteiger partial charge in [0, 0.05) is 32.1 Å². The van der Waals surface area contributed by atoms with Crippen molar-refractivity contribution in [3.63, 3.8) is 0 Å². The SMILES string of the molecule is CN1CC(c2nnn[nH]2)Cn2nc3c(c2C1=O)CN(C(=O)OC(C)(C)C)CC3. The number of ether oxygens (including phenoxy) is 1. The Morgan fingerprint density at radius 2 is 2.07 bits per heavy atom. The number of nitrogens with zero attached hydrogens (tertiary/aromatic N) is 7. The van der Waals surface area contributed by atoms with E-state index in [9.17, 15) is 9.59 Å². The van der Waals surface area contributed by atoms with Gasteiger partial charge in [0.2, 0.25) is 0 Å². The summed E-state index contributed by atoms with van der Waals surface area (Å²) in [4.78, 5) is 28.8. The van der Waals surface area contributed by atoms with Crippen molar-refractivity contribution < 1.29 is 14.3 Å². The quantitative estimate of drug-likeness (QED) is 0.757. The molecular formula is C17H24N8O3. The van der Waals surface area contributed by atoms with Gasteiger partial charge in [0.15, 0.2) is 5.82 Å². The van der Waals surface area contributed by atoms with Crippen molar-refractivity contribution in [3.8, 4) is 0 Å². The van der Waals surface area contributed by atoms with Crippen LogP contribution in [0.2, 0.25) is 0 Å². The molecular weight excluding hydrogens is 364 g/mol. The second-order valence-electron chi connectivity index (χ2n) is 8.28. The maximum absolute atomic E-state index is 13.1. The first-order valence-corrected chi connectivity index (χ1v) is 9.28. The summed E-state index contributed by atoms with van der Waals surface area (Å²) >= 11 is 0. The Morgan fingerprint density at radius 1 is 1.29 bits per heavy atom. The number of aromatic amines is 1. The van der Waals surface area contributed by atoms with E-state index in [1.807, 2.05) is 20.8 Å². The lowest BCUT2D eigenvalue weighted by molar-refractivity contribution is 0.0222. The maximum atomic E-state index is 13.1. The second kappa shape index (κ2) is 6.57. The van der Waals surface area contributed by atoms with Gasteiger partial charge in [0.1, 0.15) is 11.3 Å². The number of carbonyl (C=O) groups is 2. The molecule has 0 radical (unpaired) electrons. The fourth-order valence-corrected chi connectivity index (χ4v) is 3.65. The Kier molecular flexibility index (Phi) is 4.31. The molecule has 2 aromatic rings. The molecule has 1 N–H and O–H groups in total. The molecule has 2 aliphatic rings. The molecule has 0 aromatic carbocycles. The van der Waals surface area contributed by atoms with Gasteiger partial charge in [-0.1, -0.05) is 0 Å². The van der Waals surface area contributed by atoms with Crippen molar-refractivity contribution in [2.24, 2.45) is 0 Å². The van der Waals surface area contributed by atoms with Gasteiger partial charge in [0.05, 0.1) is 24.7 Å². The number of hydrogen-bond donors (Lipinski definition) is 1. The Hall–Kier alpha value is -2.98.